The van der Waals surface area contributed by atoms with Crippen molar-refractivity contribution in [3.05, 3.63) is 47.4 Å². The molecule has 2 aromatic rings. The van der Waals surface area contributed by atoms with Crippen molar-refractivity contribution in [1.82, 2.24) is 14.5 Å². The number of aromatic nitrogens is 2. The number of sulfonamides is 1. The van der Waals surface area contributed by atoms with E-state index in [1.807, 2.05) is 13.0 Å². The molecule has 1 aromatic heterocycles. The van der Waals surface area contributed by atoms with Gasteiger partial charge in [-0.1, -0.05) is 12.1 Å². The summed E-state index contributed by atoms with van der Waals surface area (Å²) in [7, 11) is -3.35. The van der Waals surface area contributed by atoms with Crippen LogP contribution in [0.1, 0.15) is 49.6 Å². The summed E-state index contributed by atoms with van der Waals surface area (Å²) in [6.45, 7) is 2.96. The van der Waals surface area contributed by atoms with Crippen molar-refractivity contribution in [3.63, 3.8) is 0 Å². The molecule has 0 unspecified atom stereocenters. The average Bonchev–Trinajstić information content (AvgIpc) is 3.21. The van der Waals surface area contributed by atoms with Gasteiger partial charge in [-0.25, -0.2) is 12.8 Å². The molecule has 7 nitrogen and oxygen atoms in total. The molecule has 2 fully saturated rings. The van der Waals surface area contributed by atoms with Gasteiger partial charge in [0, 0.05) is 31.4 Å². The van der Waals surface area contributed by atoms with E-state index in [1.54, 1.807) is 6.07 Å². The minimum absolute atomic E-state index is 0.0479. The highest BCUT2D eigenvalue weighted by Gasteiger charge is 2.41. The Kier molecular flexibility index (Phi) is 5.24. The van der Waals surface area contributed by atoms with Crippen molar-refractivity contribution in [2.45, 2.75) is 50.6 Å². The fraction of sp³-hybridized carbons (Fsp3) is 0.579. The molecule has 1 atom stereocenters. The van der Waals surface area contributed by atoms with E-state index in [0.717, 1.165) is 12.0 Å². The lowest BCUT2D eigenvalue weighted by Gasteiger charge is -2.35. The zero-order chi connectivity index (χ0) is 19.8. The molecule has 152 valence electrons. The second-order valence-electron chi connectivity index (χ2n) is 7.60. The molecule has 3 heterocycles. The SMILES string of the molecule is C[C@H]1CCCS(=O)(=O)N1Cc1ccc(C2(c3nnco3)CCOCC2)cc1F. The van der Waals surface area contributed by atoms with Crippen LogP contribution in [-0.2, 0) is 26.7 Å². The Morgan fingerprint density at radius 2 is 2.11 bits per heavy atom. The summed E-state index contributed by atoms with van der Waals surface area (Å²) in [4.78, 5) is 0. The molecule has 0 aliphatic carbocycles. The second-order valence-corrected chi connectivity index (χ2v) is 9.64. The average molecular weight is 409 g/mol. The monoisotopic (exact) mass is 409 g/mol. The second kappa shape index (κ2) is 7.53. The van der Waals surface area contributed by atoms with Crippen molar-refractivity contribution < 1.29 is 22.0 Å². The molecule has 1 aromatic carbocycles. The molecular formula is C19H24FN3O4S. The van der Waals surface area contributed by atoms with Gasteiger partial charge in [-0.05, 0) is 44.2 Å². The molecule has 0 amide bonds. The summed E-state index contributed by atoms with van der Waals surface area (Å²) in [5, 5.41) is 7.87. The van der Waals surface area contributed by atoms with Crippen LogP contribution in [0.5, 0.6) is 0 Å². The normalized spacial score (nSPS) is 24.9. The van der Waals surface area contributed by atoms with Crippen LogP contribution in [0.4, 0.5) is 4.39 Å². The van der Waals surface area contributed by atoms with E-state index in [2.05, 4.69) is 10.2 Å². The van der Waals surface area contributed by atoms with Crippen LogP contribution in [0.15, 0.2) is 29.0 Å². The van der Waals surface area contributed by atoms with Crippen LogP contribution < -0.4 is 0 Å². The lowest BCUT2D eigenvalue weighted by Crippen LogP contribution is -2.43. The first-order valence-corrected chi connectivity index (χ1v) is 11.2. The van der Waals surface area contributed by atoms with E-state index in [4.69, 9.17) is 9.15 Å². The number of hydrogen-bond donors (Lipinski definition) is 0. The predicted molar refractivity (Wildman–Crippen MR) is 99.6 cm³/mol. The van der Waals surface area contributed by atoms with Crippen molar-refractivity contribution in [1.29, 1.82) is 0 Å². The highest BCUT2D eigenvalue weighted by molar-refractivity contribution is 7.89. The van der Waals surface area contributed by atoms with Gasteiger partial charge in [0.15, 0.2) is 0 Å². The topological polar surface area (TPSA) is 85.5 Å². The lowest BCUT2D eigenvalue weighted by atomic mass is 9.74. The van der Waals surface area contributed by atoms with Gasteiger partial charge >= 0.3 is 0 Å². The van der Waals surface area contributed by atoms with Crippen LogP contribution in [0.2, 0.25) is 0 Å². The molecular weight excluding hydrogens is 385 g/mol. The van der Waals surface area contributed by atoms with Crippen LogP contribution in [0, 0.1) is 5.82 Å². The van der Waals surface area contributed by atoms with Crippen molar-refractivity contribution in [2.75, 3.05) is 19.0 Å². The third-order valence-corrected chi connectivity index (χ3v) is 7.93. The van der Waals surface area contributed by atoms with Crippen molar-refractivity contribution in [2.24, 2.45) is 0 Å². The standard InChI is InChI=1S/C19H24FN3O4S/c1-14-3-2-10-28(24,25)23(14)12-15-4-5-16(11-17(15)20)19(6-8-26-9-7-19)18-22-21-13-27-18/h4-5,11,13-14H,2-3,6-10,12H2,1H3/t14-/m0/s1. The number of hydrogen-bond acceptors (Lipinski definition) is 6. The van der Waals surface area contributed by atoms with Gasteiger partial charge in [0.1, 0.15) is 5.82 Å². The Bertz CT molecular complexity index is 927. The van der Waals surface area contributed by atoms with Crippen molar-refractivity contribution in [3.8, 4) is 0 Å². The molecule has 2 saturated heterocycles. The maximum atomic E-state index is 15.0. The Morgan fingerprint density at radius 3 is 2.75 bits per heavy atom. The van der Waals surface area contributed by atoms with Crippen LogP contribution in [0.3, 0.4) is 0 Å². The molecule has 2 aliphatic rings. The number of rotatable bonds is 4. The van der Waals surface area contributed by atoms with Crippen LogP contribution >= 0.6 is 0 Å². The first-order chi connectivity index (χ1) is 13.4. The molecule has 2 aliphatic heterocycles. The zero-order valence-corrected chi connectivity index (χ0v) is 16.6. The predicted octanol–water partition coefficient (Wildman–Crippen LogP) is 2.62. The lowest BCUT2D eigenvalue weighted by molar-refractivity contribution is 0.0543. The number of halogens is 1. The minimum atomic E-state index is -3.35. The highest BCUT2D eigenvalue weighted by Crippen LogP contribution is 2.40. The molecule has 0 bridgehead atoms. The van der Waals surface area contributed by atoms with E-state index in [1.165, 1.54) is 16.8 Å². The van der Waals surface area contributed by atoms with E-state index < -0.39 is 21.3 Å². The summed E-state index contributed by atoms with van der Waals surface area (Å²) < 4.78 is 52.2. The maximum absolute atomic E-state index is 15.0. The first kappa shape index (κ1) is 19.5. The van der Waals surface area contributed by atoms with Gasteiger partial charge in [-0.3, -0.25) is 0 Å². The molecule has 28 heavy (non-hydrogen) atoms. The largest absolute Gasteiger partial charge is 0.427 e. The van der Waals surface area contributed by atoms with Gasteiger partial charge in [0.2, 0.25) is 22.3 Å². The van der Waals surface area contributed by atoms with Gasteiger partial charge in [0.05, 0.1) is 11.2 Å². The number of ether oxygens (including phenoxy) is 1. The fourth-order valence-corrected chi connectivity index (χ4v) is 5.97. The van der Waals surface area contributed by atoms with E-state index >= 15 is 4.39 Å². The Balaban J connectivity index is 1.66. The summed E-state index contributed by atoms with van der Waals surface area (Å²) in [5.41, 5.74) is 0.531. The zero-order valence-electron chi connectivity index (χ0n) is 15.8. The summed E-state index contributed by atoms with van der Waals surface area (Å²) in [6.07, 6.45) is 3.95. The van der Waals surface area contributed by atoms with Gasteiger partial charge in [0.25, 0.3) is 0 Å². The summed E-state index contributed by atoms with van der Waals surface area (Å²) in [5.74, 6) is 0.156. The molecule has 0 radical (unpaired) electrons. The first-order valence-electron chi connectivity index (χ1n) is 9.55. The van der Waals surface area contributed by atoms with Crippen molar-refractivity contribution >= 4 is 10.0 Å². The molecule has 0 N–H and O–H groups in total. The maximum Gasteiger partial charge on any atom is 0.226 e. The van der Waals surface area contributed by atoms with E-state index in [0.29, 0.717) is 43.9 Å². The van der Waals surface area contributed by atoms with Gasteiger partial charge < -0.3 is 9.15 Å². The Labute approximate surface area is 163 Å². The Hall–Kier alpha value is -1.84. The molecule has 0 saturated carbocycles. The van der Waals surface area contributed by atoms with Crippen LogP contribution in [0.25, 0.3) is 0 Å². The quantitative estimate of drug-likeness (QED) is 0.772. The van der Waals surface area contributed by atoms with E-state index in [9.17, 15) is 8.42 Å². The minimum Gasteiger partial charge on any atom is -0.427 e. The van der Waals surface area contributed by atoms with Crippen LogP contribution in [-0.4, -0.2) is 47.9 Å². The smallest absolute Gasteiger partial charge is 0.226 e. The molecule has 4 rings (SSSR count). The highest BCUT2D eigenvalue weighted by atomic mass is 32.2. The third-order valence-electron chi connectivity index (χ3n) is 5.92. The van der Waals surface area contributed by atoms with Gasteiger partial charge in [-0.2, -0.15) is 4.31 Å². The molecule has 9 heteroatoms. The summed E-state index contributed by atoms with van der Waals surface area (Å²) >= 11 is 0. The fourth-order valence-electron chi connectivity index (χ4n) is 4.22. The molecule has 0 spiro atoms. The summed E-state index contributed by atoms with van der Waals surface area (Å²) in [6, 6.07) is 4.87. The number of benzene rings is 1. The van der Waals surface area contributed by atoms with E-state index in [-0.39, 0.29) is 18.3 Å². The van der Waals surface area contributed by atoms with Gasteiger partial charge in [-0.15, -0.1) is 10.2 Å². The number of nitrogens with zero attached hydrogens (tertiary/aromatic N) is 3. The Morgan fingerprint density at radius 1 is 1.32 bits per heavy atom. The third kappa shape index (κ3) is 3.46.